The number of hydrogen-bond donors (Lipinski definition) is 0. The zero-order chi connectivity index (χ0) is 26.9. The number of allylic oxidation sites excluding steroid dienone is 4. The maximum absolute atomic E-state index is 12.8. The minimum Gasteiger partial charge on any atom is -0.451 e. The van der Waals surface area contributed by atoms with E-state index in [0.29, 0.717) is 42.4 Å². The minimum absolute atomic E-state index is 0. The highest BCUT2D eigenvalue weighted by molar-refractivity contribution is 6.18. The van der Waals surface area contributed by atoms with Gasteiger partial charge in [0.05, 0.1) is 0 Å². The predicted molar refractivity (Wildman–Crippen MR) is 153 cm³/mol. The smallest absolute Gasteiger partial charge is 0.303 e. The molecule has 0 aliphatic heterocycles. The molecule has 2 fully saturated rings. The molecule has 6 atom stereocenters. The Bertz CT molecular complexity index is 943. The lowest BCUT2D eigenvalue weighted by Gasteiger charge is -2.58. The molecule has 0 saturated heterocycles. The maximum atomic E-state index is 12.8. The molecule has 4 aliphatic carbocycles. The van der Waals surface area contributed by atoms with Crippen LogP contribution in [0.5, 0.6) is 0 Å². The molecule has 37 heavy (non-hydrogen) atoms. The normalized spacial score (nSPS) is 36.0. The van der Waals surface area contributed by atoms with Crippen LogP contribution in [0.1, 0.15) is 73.1 Å². The molecule has 0 N–H and O–H groups in total. The van der Waals surface area contributed by atoms with Gasteiger partial charge in [0.1, 0.15) is 0 Å². The van der Waals surface area contributed by atoms with Gasteiger partial charge in [0.25, 0.3) is 0 Å². The van der Waals surface area contributed by atoms with Crippen LogP contribution in [0.25, 0.3) is 0 Å². The van der Waals surface area contributed by atoms with Crippen molar-refractivity contribution in [2.45, 2.75) is 78.7 Å². The van der Waals surface area contributed by atoms with E-state index in [2.05, 4.69) is 31.7 Å². The molecular weight excluding hydrogens is 533 g/mol. The molecule has 0 aromatic heterocycles. The van der Waals surface area contributed by atoms with Gasteiger partial charge in [-0.3, -0.25) is 14.4 Å². The van der Waals surface area contributed by atoms with E-state index >= 15 is 0 Å². The van der Waals surface area contributed by atoms with Crippen molar-refractivity contribution >= 4 is 53.1 Å². The van der Waals surface area contributed by atoms with Crippen LogP contribution in [0.4, 0.5) is 0 Å². The Morgan fingerprint density at radius 1 is 1.05 bits per heavy atom. The fourth-order valence-electron chi connectivity index (χ4n) is 7.88. The first-order valence-electron chi connectivity index (χ1n) is 13.3. The summed E-state index contributed by atoms with van der Waals surface area (Å²) in [6.45, 7) is 11.5. The van der Waals surface area contributed by atoms with E-state index in [1.165, 1.54) is 18.1 Å². The van der Waals surface area contributed by atoms with Gasteiger partial charge in [-0.05, 0) is 87.8 Å². The Morgan fingerprint density at radius 3 is 2.19 bits per heavy atom. The molecule has 0 heterocycles. The van der Waals surface area contributed by atoms with Gasteiger partial charge in [-0.2, -0.15) is 0 Å². The third-order valence-electron chi connectivity index (χ3n) is 9.77. The summed E-state index contributed by atoms with van der Waals surface area (Å²) in [5.41, 5.74) is 1.15. The summed E-state index contributed by atoms with van der Waals surface area (Å²) in [6, 6.07) is 0. The molecule has 5 nitrogen and oxygen atoms in total. The van der Waals surface area contributed by atoms with E-state index in [9.17, 15) is 14.4 Å². The summed E-state index contributed by atoms with van der Waals surface area (Å²) in [7, 11) is 2.00. The fourth-order valence-corrected chi connectivity index (χ4v) is 8.45. The molecule has 4 aliphatic rings. The number of rotatable bonds is 6. The Labute approximate surface area is 239 Å². The molecular formula is C29H44Cl3NO4. The summed E-state index contributed by atoms with van der Waals surface area (Å²) in [5.74, 6) is 2.40. The Kier molecular flexibility index (Phi) is 11.0. The first-order chi connectivity index (χ1) is 16.9. The van der Waals surface area contributed by atoms with Crippen molar-refractivity contribution in [1.82, 2.24) is 4.90 Å². The first-order valence-corrected chi connectivity index (χ1v) is 14.4. The van der Waals surface area contributed by atoms with E-state index < -0.39 is 5.60 Å². The zero-order valence-corrected chi connectivity index (χ0v) is 25.5. The van der Waals surface area contributed by atoms with Crippen molar-refractivity contribution in [3.63, 3.8) is 0 Å². The van der Waals surface area contributed by atoms with E-state index in [1.807, 2.05) is 13.1 Å². The molecule has 0 bridgehead atoms. The molecule has 0 amide bonds. The highest BCUT2D eigenvalue weighted by Crippen LogP contribution is 2.67. The molecule has 8 heteroatoms. The van der Waals surface area contributed by atoms with Crippen molar-refractivity contribution in [3.8, 4) is 0 Å². The highest BCUT2D eigenvalue weighted by atomic mass is 35.5. The Morgan fingerprint density at radius 2 is 1.65 bits per heavy atom. The number of ketones is 2. The molecule has 2 saturated carbocycles. The molecule has 4 rings (SSSR count). The first kappa shape index (κ1) is 32.3. The molecule has 0 spiro atoms. The van der Waals surface area contributed by atoms with E-state index in [1.54, 1.807) is 6.92 Å². The summed E-state index contributed by atoms with van der Waals surface area (Å²) in [5, 5.41) is 0. The average molecular weight is 577 g/mol. The van der Waals surface area contributed by atoms with Crippen LogP contribution < -0.4 is 0 Å². The van der Waals surface area contributed by atoms with Crippen molar-refractivity contribution in [1.29, 1.82) is 0 Å². The number of ether oxygens (including phenoxy) is 1. The topological polar surface area (TPSA) is 63.7 Å². The number of alkyl halides is 2. The predicted octanol–water partition coefficient (Wildman–Crippen LogP) is 6.39. The van der Waals surface area contributed by atoms with Crippen LogP contribution in [0.2, 0.25) is 0 Å². The molecule has 0 aromatic carbocycles. The monoisotopic (exact) mass is 575 g/mol. The van der Waals surface area contributed by atoms with E-state index in [4.69, 9.17) is 27.9 Å². The van der Waals surface area contributed by atoms with Crippen molar-refractivity contribution < 1.29 is 19.1 Å². The van der Waals surface area contributed by atoms with Crippen LogP contribution in [-0.2, 0) is 19.1 Å². The number of fused-ring (bicyclic) bond motifs is 5. The second-order valence-corrected chi connectivity index (χ2v) is 12.5. The number of esters is 1. The third kappa shape index (κ3) is 5.85. The summed E-state index contributed by atoms with van der Waals surface area (Å²) >= 11 is 10.9. The molecule has 0 radical (unpaired) electrons. The summed E-state index contributed by atoms with van der Waals surface area (Å²) in [6.07, 6.45) is 9.20. The highest BCUT2D eigenvalue weighted by Gasteiger charge is 2.67. The van der Waals surface area contributed by atoms with Crippen LogP contribution in [0, 0.1) is 28.6 Å². The van der Waals surface area contributed by atoms with Gasteiger partial charge in [0.2, 0.25) is 0 Å². The van der Waals surface area contributed by atoms with Gasteiger partial charge >= 0.3 is 5.97 Å². The van der Waals surface area contributed by atoms with Gasteiger partial charge in [-0.1, -0.05) is 25.5 Å². The maximum Gasteiger partial charge on any atom is 0.303 e. The lowest BCUT2D eigenvalue weighted by molar-refractivity contribution is -0.185. The van der Waals surface area contributed by atoms with Crippen LogP contribution in [-0.4, -0.2) is 59.9 Å². The second kappa shape index (κ2) is 12.5. The van der Waals surface area contributed by atoms with Crippen LogP contribution in [0.3, 0.4) is 0 Å². The van der Waals surface area contributed by atoms with Gasteiger partial charge in [0.15, 0.2) is 17.2 Å². The lowest BCUT2D eigenvalue weighted by Crippen LogP contribution is -2.58. The van der Waals surface area contributed by atoms with E-state index in [-0.39, 0.29) is 40.8 Å². The number of Topliss-reactive ketones (excluding diaryl/α,β-unsaturated/α-hetero) is 1. The second-order valence-electron chi connectivity index (χ2n) is 11.7. The Balaban J connectivity index is 0.000000467. The van der Waals surface area contributed by atoms with Gasteiger partial charge in [0, 0.05) is 43.6 Å². The minimum atomic E-state index is -0.990. The summed E-state index contributed by atoms with van der Waals surface area (Å²) in [4.78, 5) is 38.9. The van der Waals surface area contributed by atoms with Crippen LogP contribution in [0.15, 0.2) is 23.3 Å². The van der Waals surface area contributed by atoms with Gasteiger partial charge < -0.3 is 9.64 Å². The number of hydrogen-bond acceptors (Lipinski definition) is 5. The van der Waals surface area contributed by atoms with E-state index in [0.717, 1.165) is 38.8 Å². The molecule has 0 unspecified atom stereocenters. The van der Waals surface area contributed by atoms with Crippen LogP contribution >= 0.6 is 35.6 Å². The molecule has 210 valence electrons. The summed E-state index contributed by atoms with van der Waals surface area (Å²) < 4.78 is 5.82. The van der Waals surface area contributed by atoms with Gasteiger partial charge in [-0.15, -0.1) is 35.6 Å². The van der Waals surface area contributed by atoms with Gasteiger partial charge in [-0.25, -0.2) is 0 Å². The zero-order valence-electron chi connectivity index (χ0n) is 23.2. The molecule has 0 aromatic rings. The largest absolute Gasteiger partial charge is 0.451 e. The number of halogens is 3. The standard InChI is InChI=1S/C24H32O4.C5H11Cl2N.ClH/c1-14-12-18-19(22(4)9-6-17(27)13-21(14)22)7-10-23(5)20(18)8-11-24(23,15(2)25)28-16(3)26;1-8(4-2-6)5-3-7;/h12-13,18-20H,6-11H2,1-5H3;2-5H2,1H3;1H/t18-,19+,20+,22-,23+,24+;;/m1../s1. The SMILES string of the molecule is CC(=O)O[C@]1(C(C)=O)CC[C@H]2[C@@H]3C=C(C)C4=CC(=O)CC[C@]4(C)[C@H]3CC[C@@]21C.CN(CCCl)CCCl.Cl. The quantitative estimate of drug-likeness (QED) is 0.271. The number of carbonyl (C=O) groups is 3. The fraction of sp³-hybridized carbons (Fsp3) is 0.759. The number of carbonyl (C=O) groups excluding carboxylic acids is 3. The average Bonchev–Trinajstić information content (AvgIpc) is 3.09. The van der Waals surface area contributed by atoms with Crippen molar-refractivity contribution in [2.24, 2.45) is 28.6 Å². The lowest BCUT2D eigenvalue weighted by atomic mass is 9.47. The Hall–Kier alpha value is -0.880. The van der Waals surface area contributed by atoms with Crippen molar-refractivity contribution in [2.75, 3.05) is 31.9 Å². The van der Waals surface area contributed by atoms with Crippen molar-refractivity contribution in [3.05, 3.63) is 23.3 Å². The number of nitrogens with zero attached hydrogens (tertiary/aromatic N) is 1. The third-order valence-corrected chi connectivity index (χ3v) is 10.1.